The molecule has 0 saturated carbocycles. The smallest absolute Gasteiger partial charge is 0.303 e. The van der Waals surface area contributed by atoms with E-state index in [1.54, 1.807) is 17.6 Å². The van der Waals surface area contributed by atoms with Gasteiger partial charge >= 0.3 is 5.97 Å². The van der Waals surface area contributed by atoms with Gasteiger partial charge in [0.15, 0.2) is 0 Å². The van der Waals surface area contributed by atoms with Crippen molar-refractivity contribution in [2.75, 3.05) is 0 Å². The van der Waals surface area contributed by atoms with Gasteiger partial charge in [-0.3, -0.25) is 4.79 Å². The molecule has 0 amide bonds. The number of carbonyl (C=O) groups is 1. The third-order valence-corrected chi connectivity index (χ3v) is 6.47. The Kier molecular flexibility index (Phi) is 10.9. The van der Waals surface area contributed by atoms with Crippen molar-refractivity contribution in [1.29, 1.82) is 0 Å². The zero-order valence-corrected chi connectivity index (χ0v) is 21.9. The van der Waals surface area contributed by atoms with E-state index in [1.807, 2.05) is 96.5 Å². The minimum absolute atomic E-state index is 0. The minimum atomic E-state index is -0.869. The highest BCUT2D eigenvalue weighted by molar-refractivity contribution is 7.07. The monoisotopic (exact) mass is 533 g/mol. The van der Waals surface area contributed by atoms with Gasteiger partial charge in [-0.25, -0.2) is 0 Å². The fourth-order valence-corrected chi connectivity index (χ4v) is 4.42. The zero-order valence-electron chi connectivity index (χ0n) is 21.1. The van der Waals surface area contributed by atoms with Gasteiger partial charge in [0.1, 0.15) is 30.8 Å². The van der Waals surface area contributed by atoms with Crippen molar-refractivity contribution >= 4 is 23.5 Å². The Balaban J connectivity index is 0.00000400. The van der Waals surface area contributed by atoms with Gasteiger partial charge in [0.05, 0.1) is 6.21 Å². The van der Waals surface area contributed by atoms with Crippen molar-refractivity contribution in [3.05, 3.63) is 117 Å². The molecule has 4 rings (SSSR count). The second kappa shape index (κ2) is 14.6. The van der Waals surface area contributed by atoms with Crippen molar-refractivity contribution in [3.63, 3.8) is 0 Å². The molecule has 1 atom stereocenters. The first-order chi connectivity index (χ1) is 18.1. The first-order valence-electron chi connectivity index (χ1n) is 12.0. The Morgan fingerprint density at radius 1 is 1.00 bits per heavy atom. The van der Waals surface area contributed by atoms with Crippen LogP contribution in [0.5, 0.6) is 11.5 Å². The van der Waals surface area contributed by atoms with Gasteiger partial charge in [0.2, 0.25) is 0 Å². The van der Waals surface area contributed by atoms with Gasteiger partial charge in [-0.2, -0.15) is 11.3 Å². The van der Waals surface area contributed by atoms with Crippen LogP contribution >= 0.6 is 11.3 Å². The number of hydrogen-bond acceptors (Lipinski definition) is 6. The molecule has 1 aromatic heterocycles. The lowest BCUT2D eigenvalue weighted by Gasteiger charge is -2.22. The summed E-state index contributed by atoms with van der Waals surface area (Å²) in [4.78, 5) is 16.9. The Hall–Kier alpha value is -4.14. The van der Waals surface area contributed by atoms with Gasteiger partial charge in [-0.1, -0.05) is 59.8 Å². The summed E-state index contributed by atoms with van der Waals surface area (Å²) < 4.78 is 12.5. The van der Waals surface area contributed by atoms with Crippen LogP contribution in [-0.2, 0) is 22.8 Å². The highest BCUT2D eigenvalue weighted by Gasteiger charge is 2.19. The second-order valence-electron chi connectivity index (χ2n) is 8.51. The van der Waals surface area contributed by atoms with E-state index < -0.39 is 12.1 Å². The molecule has 0 spiro atoms. The van der Waals surface area contributed by atoms with E-state index in [1.165, 1.54) is 0 Å². The number of hydrogen-bond donors (Lipinski definition) is 1. The molecule has 8 heteroatoms. The number of carboxylic acids is 1. The molecule has 3 aromatic carbocycles. The summed E-state index contributed by atoms with van der Waals surface area (Å²) in [6, 6.07) is 25.2. The van der Waals surface area contributed by atoms with E-state index in [9.17, 15) is 9.90 Å². The van der Waals surface area contributed by atoms with Gasteiger partial charge in [0.25, 0.3) is 0 Å². The van der Waals surface area contributed by atoms with Crippen LogP contribution in [0.4, 0.5) is 0 Å². The maximum absolute atomic E-state index is 11.4. The van der Waals surface area contributed by atoms with Crippen LogP contribution in [0.2, 0.25) is 0 Å². The summed E-state index contributed by atoms with van der Waals surface area (Å²) in [6.07, 6.45) is 1.45. The molecule has 0 fully saturated rings. The second-order valence-corrected chi connectivity index (χ2v) is 9.29. The fourth-order valence-electron chi connectivity index (χ4n) is 3.77. The maximum atomic E-state index is 11.4. The first kappa shape index (κ1) is 28.4. The van der Waals surface area contributed by atoms with Crippen LogP contribution in [-0.4, -0.2) is 22.8 Å². The lowest BCUT2D eigenvalue weighted by atomic mass is 9.99. The number of aliphatic carboxylic acids is 1. The SMILES string of the molecule is Cc1ccccc1C(CCC(=O)O)Oc1cc(OCc2ccsc2)ccc1/C=N/OCc1ccccc1.O. The van der Waals surface area contributed by atoms with E-state index in [0.717, 1.165) is 22.3 Å². The van der Waals surface area contributed by atoms with Crippen molar-refractivity contribution in [2.24, 2.45) is 5.16 Å². The molecule has 4 aromatic rings. The largest absolute Gasteiger partial charge is 0.489 e. The maximum Gasteiger partial charge on any atom is 0.303 e. The third-order valence-electron chi connectivity index (χ3n) is 5.74. The van der Waals surface area contributed by atoms with Crippen molar-refractivity contribution in [3.8, 4) is 11.5 Å². The molecule has 1 unspecified atom stereocenters. The summed E-state index contributed by atoms with van der Waals surface area (Å²) in [5, 5.41) is 17.5. The molecule has 0 aliphatic rings. The molecular weight excluding hydrogens is 502 g/mol. The fraction of sp³-hybridized carbons (Fsp3) is 0.200. The average Bonchev–Trinajstić information content (AvgIpc) is 3.43. The molecule has 0 aliphatic heterocycles. The summed E-state index contributed by atoms with van der Waals surface area (Å²) >= 11 is 1.62. The third kappa shape index (κ3) is 8.47. The number of benzene rings is 3. The molecule has 38 heavy (non-hydrogen) atoms. The average molecular weight is 534 g/mol. The van der Waals surface area contributed by atoms with Gasteiger partial charge in [0, 0.05) is 18.1 Å². The van der Waals surface area contributed by atoms with E-state index in [0.29, 0.717) is 36.7 Å². The Morgan fingerprint density at radius 3 is 2.53 bits per heavy atom. The standard InChI is InChI=1S/C30H29NO5S.H2O/c1-22-7-5-6-10-27(22)28(13-14-30(32)33)36-29-17-26(34-19-24-15-16-37-21-24)12-11-25(29)18-31-35-20-23-8-3-2-4-9-23;/h2-12,15-18,21,28H,13-14,19-20H2,1H3,(H,32,33);1H2/b31-18+;. The van der Waals surface area contributed by atoms with E-state index in [-0.39, 0.29) is 11.9 Å². The number of rotatable bonds is 13. The molecular formula is C30H31NO6S. The van der Waals surface area contributed by atoms with Crippen LogP contribution in [0.1, 0.15) is 46.8 Å². The predicted molar refractivity (Wildman–Crippen MR) is 149 cm³/mol. The highest BCUT2D eigenvalue weighted by Crippen LogP contribution is 2.32. The van der Waals surface area contributed by atoms with Crippen LogP contribution in [0.3, 0.4) is 0 Å². The number of nitrogens with zero attached hydrogens (tertiary/aromatic N) is 1. The molecule has 0 radical (unpaired) electrons. The molecule has 0 aliphatic carbocycles. The van der Waals surface area contributed by atoms with Gasteiger partial charge in [-0.15, -0.1) is 0 Å². The van der Waals surface area contributed by atoms with Crippen LogP contribution in [0, 0.1) is 6.92 Å². The number of aryl methyl sites for hydroxylation is 1. The van der Waals surface area contributed by atoms with E-state index >= 15 is 0 Å². The predicted octanol–water partition coefficient (Wildman–Crippen LogP) is 6.35. The topological polar surface area (TPSA) is 109 Å². The molecule has 0 saturated heterocycles. The quantitative estimate of drug-likeness (QED) is 0.159. The zero-order chi connectivity index (χ0) is 25.9. The van der Waals surface area contributed by atoms with Crippen molar-refractivity contribution in [2.45, 2.75) is 39.1 Å². The van der Waals surface area contributed by atoms with Gasteiger partial charge in [-0.05, 0) is 64.6 Å². The summed E-state index contributed by atoms with van der Waals surface area (Å²) in [7, 11) is 0. The van der Waals surface area contributed by atoms with Crippen molar-refractivity contribution in [1.82, 2.24) is 0 Å². The number of thiophene rings is 1. The van der Waals surface area contributed by atoms with Crippen molar-refractivity contribution < 1.29 is 29.7 Å². The lowest BCUT2D eigenvalue weighted by molar-refractivity contribution is -0.137. The molecule has 198 valence electrons. The highest BCUT2D eigenvalue weighted by atomic mass is 32.1. The molecule has 7 nitrogen and oxygen atoms in total. The normalized spacial score (nSPS) is 11.5. The van der Waals surface area contributed by atoms with E-state index in [2.05, 4.69) is 5.16 Å². The van der Waals surface area contributed by atoms with Crippen LogP contribution < -0.4 is 9.47 Å². The molecule has 3 N–H and O–H groups in total. The van der Waals surface area contributed by atoms with Gasteiger partial charge < -0.3 is 24.9 Å². The Bertz CT molecular complexity index is 1310. The number of ether oxygens (including phenoxy) is 2. The summed E-state index contributed by atoms with van der Waals surface area (Å²) in [6.45, 7) is 2.78. The Labute approximate surface area is 226 Å². The summed E-state index contributed by atoms with van der Waals surface area (Å²) in [5.74, 6) is 0.310. The minimum Gasteiger partial charge on any atom is -0.489 e. The first-order valence-corrected chi connectivity index (χ1v) is 12.9. The van der Waals surface area contributed by atoms with Crippen LogP contribution in [0.25, 0.3) is 0 Å². The number of carboxylic acid groups (broad SMARTS) is 1. The van der Waals surface area contributed by atoms with Crippen LogP contribution in [0.15, 0.2) is 94.8 Å². The number of oxime groups is 1. The van der Waals surface area contributed by atoms with E-state index in [4.69, 9.17) is 14.3 Å². The molecule has 1 heterocycles. The Morgan fingerprint density at radius 2 is 1.79 bits per heavy atom. The lowest BCUT2D eigenvalue weighted by Crippen LogP contribution is -2.12. The molecule has 0 bridgehead atoms. The summed E-state index contributed by atoms with van der Waals surface area (Å²) in [5.41, 5.74) is 4.78.